The van der Waals surface area contributed by atoms with Gasteiger partial charge in [-0.25, -0.2) is 0 Å². The average molecular weight is 349 g/mol. The lowest BCUT2D eigenvalue weighted by molar-refractivity contribution is -0.160. The van der Waals surface area contributed by atoms with Crippen molar-refractivity contribution >= 4 is 11.9 Å². The van der Waals surface area contributed by atoms with Crippen molar-refractivity contribution < 1.29 is 14.3 Å². The van der Waals surface area contributed by atoms with Gasteiger partial charge >= 0.3 is 5.97 Å². The van der Waals surface area contributed by atoms with Crippen molar-refractivity contribution in [3.05, 3.63) is 84.4 Å². The van der Waals surface area contributed by atoms with Crippen LogP contribution < -0.4 is 0 Å². The molecule has 2 aromatic carbocycles. The molecule has 26 heavy (non-hydrogen) atoms. The molecule has 1 aliphatic rings. The van der Waals surface area contributed by atoms with Gasteiger partial charge in [-0.3, -0.25) is 9.59 Å². The van der Waals surface area contributed by atoms with Gasteiger partial charge in [0.05, 0.1) is 13.2 Å². The van der Waals surface area contributed by atoms with Gasteiger partial charge in [-0.2, -0.15) is 0 Å². The van der Waals surface area contributed by atoms with Crippen LogP contribution in [-0.4, -0.2) is 23.9 Å². The van der Waals surface area contributed by atoms with E-state index in [-0.39, 0.29) is 17.9 Å². The Morgan fingerprint density at radius 3 is 2.35 bits per heavy atom. The molecular weight excluding hydrogens is 326 g/mol. The summed E-state index contributed by atoms with van der Waals surface area (Å²) in [5.74, 6) is -1.48. The van der Waals surface area contributed by atoms with Gasteiger partial charge in [0.25, 0.3) is 0 Å². The Morgan fingerprint density at radius 2 is 1.77 bits per heavy atom. The third-order valence-electron chi connectivity index (χ3n) is 4.96. The van der Waals surface area contributed by atoms with Gasteiger partial charge in [-0.05, 0) is 17.5 Å². The fourth-order valence-electron chi connectivity index (χ4n) is 3.67. The van der Waals surface area contributed by atoms with Gasteiger partial charge in [0.15, 0.2) is 0 Å². The smallest absolute Gasteiger partial charge is 0.318 e. The van der Waals surface area contributed by atoms with Crippen molar-refractivity contribution in [3.63, 3.8) is 0 Å². The minimum Gasteiger partial charge on any atom is -0.468 e. The van der Waals surface area contributed by atoms with Crippen LogP contribution in [0.3, 0.4) is 0 Å². The highest BCUT2D eigenvalue weighted by molar-refractivity contribution is 5.98. The van der Waals surface area contributed by atoms with Crippen molar-refractivity contribution in [1.82, 2.24) is 4.90 Å². The van der Waals surface area contributed by atoms with Crippen molar-refractivity contribution in [2.75, 3.05) is 7.11 Å². The largest absolute Gasteiger partial charge is 0.468 e. The summed E-state index contributed by atoms with van der Waals surface area (Å²) < 4.78 is 4.87. The maximum Gasteiger partial charge on any atom is 0.318 e. The topological polar surface area (TPSA) is 46.6 Å². The average Bonchev–Trinajstić information content (AvgIpc) is 2.70. The molecule has 0 N–H and O–H groups in total. The van der Waals surface area contributed by atoms with Crippen LogP contribution in [-0.2, 0) is 20.9 Å². The summed E-state index contributed by atoms with van der Waals surface area (Å²) in [4.78, 5) is 27.1. The molecule has 0 aromatic heterocycles. The lowest BCUT2D eigenvalue weighted by atomic mass is 9.79. The molecule has 1 saturated heterocycles. The molecule has 0 radical (unpaired) electrons. The fourth-order valence-corrected chi connectivity index (χ4v) is 3.67. The van der Waals surface area contributed by atoms with E-state index in [2.05, 4.69) is 6.58 Å². The first-order valence-electron chi connectivity index (χ1n) is 8.75. The molecule has 1 fully saturated rings. The summed E-state index contributed by atoms with van der Waals surface area (Å²) in [7, 11) is 1.32. The van der Waals surface area contributed by atoms with Gasteiger partial charge in [-0.1, -0.05) is 66.7 Å². The molecule has 134 valence electrons. The summed E-state index contributed by atoms with van der Waals surface area (Å²) in [6.45, 7) is 4.40. The minimum atomic E-state index is -0.785. The lowest BCUT2D eigenvalue weighted by Gasteiger charge is -2.43. The Balaban J connectivity index is 2.02. The van der Waals surface area contributed by atoms with Gasteiger partial charge in [0.2, 0.25) is 5.91 Å². The molecule has 0 bridgehead atoms. The first-order valence-corrected chi connectivity index (χ1v) is 8.75. The number of carbonyl (C=O) groups is 2. The number of benzene rings is 2. The molecule has 1 amide bonds. The number of amides is 1. The number of hydrogen-bond donors (Lipinski definition) is 0. The van der Waals surface area contributed by atoms with E-state index in [1.165, 1.54) is 7.11 Å². The third-order valence-corrected chi connectivity index (χ3v) is 4.96. The predicted octanol–water partition coefficient (Wildman–Crippen LogP) is 3.75. The van der Waals surface area contributed by atoms with Crippen LogP contribution in [0.4, 0.5) is 0 Å². The van der Waals surface area contributed by atoms with E-state index in [0.29, 0.717) is 13.0 Å². The molecule has 1 aliphatic heterocycles. The second-order valence-corrected chi connectivity index (χ2v) is 6.52. The highest BCUT2D eigenvalue weighted by Crippen LogP contribution is 2.40. The normalized spacial score (nSPS) is 22.7. The monoisotopic (exact) mass is 349 g/mol. The zero-order chi connectivity index (χ0) is 18.5. The van der Waals surface area contributed by atoms with Crippen LogP contribution in [0.2, 0.25) is 0 Å². The van der Waals surface area contributed by atoms with Crippen LogP contribution in [0.5, 0.6) is 0 Å². The zero-order valence-electron chi connectivity index (χ0n) is 14.9. The van der Waals surface area contributed by atoms with E-state index in [1.54, 1.807) is 4.90 Å². The molecule has 0 spiro atoms. The number of likely N-dealkylation sites (tertiary alicyclic amines) is 1. The Labute approximate surface area is 154 Å². The molecule has 3 rings (SSSR count). The molecule has 2 aromatic rings. The zero-order valence-corrected chi connectivity index (χ0v) is 14.9. The van der Waals surface area contributed by atoms with Crippen LogP contribution in [0.15, 0.2) is 73.3 Å². The number of esters is 1. The standard InChI is InChI=1S/C22H23NO3/c1-3-17-14-19(22(25)26-2)21(24)23(15-16-10-6-4-7-11-16)20(17)18-12-8-5-9-13-18/h3-13,17,19-20H,1,14-15H2,2H3/t17-,19?,20-/m1/s1. The van der Waals surface area contributed by atoms with E-state index in [0.717, 1.165) is 11.1 Å². The third kappa shape index (κ3) is 3.54. The molecule has 1 heterocycles. The number of nitrogens with zero attached hydrogens (tertiary/aromatic N) is 1. The van der Waals surface area contributed by atoms with E-state index in [1.807, 2.05) is 66.7 Å². The number of rotatable bonds is 5. The van der Waals surface area contributed by atoms with E-state index < -0.39 is 11.9 Å². The molecule has 0 saturated carbocycles. The van der Waals surface area contributed by atoms with Crippen LogP contribution in [0.1, 0.15) is 23.6 Å². The van der Waals surface area contributed by atoms with Crippen molar-refractivity contribution in [2.45, 2.75) is 19.0 Å². The molecule has 4 nitrogen and oxygen atoms in total. The first-order chi connectivity index (χ1) is 12.7. The predicted molar refractivity (Wildman–Crippen MR) is 100.0 cm³/mol. The Morgan fingerprint density at radius 1 is 1.15 bits per heavy atom. The minimum absolute atomic E-state index is 0.0251. The lowest BCUT2D eigenvalue weighted by Crippen LogP contribution is -2.49. The highest BCUT2D eigenvalue weighted by atomic mass is 16.5. The van der Waals surface area contributed by atoms with Crippen molar-refractivity contribution in [1.29, 1.82) is 0 Å². The Bertz CT molecular complexity index is 772. The van der Waals surface area contributed by atoms with Gasteiger partial charge in [0, 0.05) is 12.5 Å². The molecule has 1 unspecified atom stereocenters. The second kappa shape index (κ2) is 8.00. The summed E-state index contributed by atoms with van der Waals surface area (Å²) >= 11 is 0. The molecule has 3 atom stereocenters. The van der Waals surface area contributed by atoms with Crippen LogP contribution in [0, 0.1) is 11.8 Å². The number of hydrogen-bond acceptors (Lipinski definition) is 3. The van der Waals surface area contributed by atoms with Crippen LogP contribution in [0.25, 0.3) is 0 Å². The van der Waals surface area contributed by atoms with Crippen molar-refractivity contribution in [3.8, 4) is 0 Å². The molecular formula is C22H23NO3. The number of piperidine rings is 1. The summed E-state index contributed by atoms with van der Waals surface area (Å²) in [6, 6.07) is 19.6. The highest BCUT2D eigenvalue weighted by Gasteiger charge is 2.44. The molecule has 0 aliphatic carbocycles. The van der Waals surface area contributed by atoms with Gasteiger partial charge < -0.3 is 9.64 Å². The summed E-state index contributed by atoms with van der Waals surface area (Å²) in [5.41, 5.74) is 2.07. The van der Waals surface area contributed by atoms with Gasteiger partial charge in [-0.15, -0.1) is 6.58 Å². The summed E-state index contributed by atoms with van der Waals surface area (Å²) in [5, 5.41) is 0. The second-order valence-electron chi connectivity index (χ2n) is 6.52. The van der Waals surface area contributed by atoms with E-state index >= 15 is 0 Å². The summed E-state index contributed by atoms with van der Waals surface area (Å²) in [6.07, 6.45) is 2.26. The fraction of sp³-hybridized carbons (Fsp3) is 0.273. The Kier molecular flexibility index (Phi) is 5.52. The van der Waals surface area contributed by atoms with E-state index in [9.17, 15) is 9.59 Å². The van der Waals surface area contributed by atoms with Crippen molar-refractivity contribution in [2.24, 2.45) is 11.8 Å². The maximum absolute atomic E-state index is 13.2. The Hall–Kier alpha value is -2.88. The van der Waals surface area contributed by atoms with Crippen LogP contribution >= 0.6 is 0 Å². The quantitative estimate of drug-likeness (QED) is 0.469. The first kappa shape index (κ1) is 17.9. The van der Waals surface area contributed by atoms with Gasteiger partial charge in [0.1, 0.15) is 5.92 Å². The molecule has 4 heteroatoms. The number of carbonyl (C=O) groups excluding carboxylic acids is 2. The maximum atomic E-state index is 13.2. The SMILES string of the molecule is C=C[C@@H]1CC(C(=O)OC)C(=O)N(Cc2ccccc2)[C@H]1c1ccccc1. The number of methoxy groups -OCH3 is 1. The number of ether oxygens (including phenoxy) is 1. The van der Waals surface area contributed by atoms with E-state index in [4.69, 9.17) is 4.74 Å².